The summed E-state index contributed by atoms with van der Waals surface area (Å²) in [5.41, 5.74) is 5.77. The zero-order valence-corrected chi connectivity index (χ0v) is 20.2. The Labute approximate surface area is 210 Å². The molecule has 1 aromatic heterocycles. The summed E-state index contributed by atoms with van der Waals surface area (Å²) < 4.78 is 67.4. The fourth-order valence-corrected chi connectivity index (χ4v) is 4.21. The highest BCUT2D eigenvalue weighted by molar-refractivity contribution is 6.30. The third-order valence-corrected chi connectivity index (χ3v) is 6.11. The summed E-state index contributed by atoms with van der Waals surface area (Å²) in [6.07, 6.45) is -2.96. The lowest BCUT2D eigenvalue weighted by Crippen LogP contribution is -2.58. The number of hydrogen-bond acceptors (Lipinski definition) is 5. The summed E-state index contributed by atoms with van der Waals surface area (Å²) in [4.78, 5) is 22.1. The molecule has 6 nitrogen and oxygen atoms in total. The number of halogens is 6. The van der Waals surface area contributed by atoms with Crippen molar-refractivity contribution in [3.05, 3.63) is 64.4 Å². The quantitative estimate of drug-likeness (QED) is 0.309. The van der Waals surface area contributed by atoms with Crippen molar-refractivity contribution in [3.63, 3.8) is 0 Å². The van der Waals surface area contributed by atoms with E-state index in [1.807, 2.05) is 0 Å². The van der Waals surface area contributed by atoms with Crippen LogP contribution in [0.3, 0.4) is 0 Å². The molecule has 1 aliphatic heterocycles. The van der Waals surface area contributed by atoms with Crippen LogP contribution >= 0.6 is 11.6 Å². The second kappa shape index (κ2) is 10.8. The lowest BCUT2D eigenvalue weighted by Gasteiger charge is -2.43. The number of aromatic nitrogens is 1. The summed E-state index contributed by atoms with van der Waals surface area (Å²) in [7, 11) is 1.48. The van der Waals surface area contributed by atoms with Crippen LogP contribution in [-0.2, 0) is 11.0 Å². The summed E-state index contributed by atoms with van der Waals surface area (Å²) in [5.74, 6) is -4.48. The Balaban J connectivity index is 1.89. The van der Waals surface area contributed by atoms with Crippen LogP contribution in [0.1, 0.15) is 24.5 Å². The molecule has 2 aromatic rings. The number of piperidine rings is 1. The molecular weight excluding hydrogens is 505 g/mol. The molecule has 2 atom stereocenters. The number of nitrogens with two attached hydrogens (primary N) is 1. The number of hydrogen-bond donors (Lipinski definition) is 2. The molecule has 2 heterocycles. The van der Waals surface area contributed by atoms with E-state index < -0.39 is 48.5 Å². The third kappa shape index (κ3) is 6.51. The number of amides is 1. The van der Waals surface area contributed by atoms with Gasteiger partial charge >= 0.3 is 6.18 Å². The van der Waals surface area contributed by atoms with E-state index in [2.05, 4.69) is 15.3 Å². The molecule has 0 spiro atoms. The molecule has 0 aliphatic carbocycles. The van der Waals surface area contributed by atoms with E-state index in [0.29, 0.717) is 16.8 Å². The number of carbonyl (C=O) groups is 1. The van der Waals surface area contributed by atoms with Gasteiger partial charge in [0.2, 0.25) is 0 Å². The van der Waals surface area contributed by atoms with Crippen molar-refractivity contribution in [2.75, 3.05) is 25.5 Å². The zero-order valence-electron chi connectivity index (χ0n) is 19.5. The number of aliphatic imine (C=N–C) groups is 1. The number of anilines is 1. The van der Waals surface area contributed by atoms with E-state index in [9.17, 15) is 26.7 Å². The van der Waals surface area contributed by atoms with Gasteiger partial charge in [0.25, 0.3) is 11.8 Å². The van der Waals surface area contributed by atoms with Gasteiger partial charge in [-0.3, -0.25) is 9.79 Å². The highest BCUT2D eigenvalue weighted by Crippen LogP contribution is 2.35. The first-order chi connectivity index (χ1) is 16.8. The van der Waals surface area contributed by atoms with Crippen molar-refractivity contribution >= 4 is 35.1 Å². The molecule has 0 bridgehead atoms. The van der Waals surface area contributed by atoms with Crippen LogP contribution in [0.25, 0.3) is 5.57 Å². The highest BCUT2D eigenvalue weighted by Gasteiger charge is 2.46. The van der Waals surface area contributed by atoms with Crippen molar-refractivity contribution in [2.24, 2.45) is 16.6 Å². The minimum absolute atomic E-state index is 0.0211. The summed E-state index contributed by atoms with van der Waals surface area (Å²) in [5, 5.41) is 3.31. The predicted molar refractivity (Wildman–Crippen MR) is 129 cm³/mol. The van der Waals surface area contributed by atoms with E-state index in [-0.39, 0.29) is 23.6 Å². The van der Waals surface area contributed by atoms with Gasteiger partial charge in [0.15, 0.2) is 0 Å². The normalized spacial score (nSPS) is 20.8. The fraction of sp³-hybridized carbons (Fsp3) is 0.375. The Hall–Kier alpha value is -3.21. The molecule has 1 fully saturated rings. The second-order valence-corrected chi connectivity index (χ2v) is 9.01. The lowest BCUT2D eigenvalue weighted by molar-refractivity contribution is -0.148. The number of alkyl halides is 5. The number of nitrogens with one attached hydrogen (secondary N) is 1. The molecule has 1 aliphatic rings. The van der Waals surface area contributed by atoms with Gasteiger partial charge in [0.05, 0.1) is 18.2 Å². The van der Waals surface area contributed by atoms with Gasteiger partial charge in [-0.1, -0.05) is 30.7 Å². The van der Waals surface area contributed by atoms with Gasteiger partial charge in [-0.15, -0.1) is 0 Å². The van der Waals surface area contributed by atoms with Crippen molar-refractivity contribution in [1.82, 2.24) is 9.88 Å². The molecule has 194 valence electrons. The molecule has 3 N–H and O–H groups in total. The molecule has 12 heteroatoms. The largest absolute Gasteiger partial charge is 0.417 e. The number of nitrogens with zero attached hydrogens (tertiary/aromatic N) is 3. The fourth-order valence-electron chi connectivity index (χ4n) is 4.08. The number of likely N-dealkylation sites (tertiary alicyclic amines) is 1. The Morgan fingerprint density at radius 1 is 1.28 bits per heavy atom. The van der Waals surface area contributed by atoms with E-state index in [4.69, 9.17) is 17.3 Å². The average Bonchev–Trinajstić information content (AvgIpc) is 2.80. The molecule has 0 radical (unpaired) electrons. The molecule has 36 heavy (non-hydrogen) atoms. The molecular formula is C24H25ClF5N5O. The number of carbonyl (C=O) groups excluding carboxylic acids is 1. The second-order valence-electron chi connectivity index (χ2n) is 8.57. The minimum Gasteiger partial charge on any atom is -0.394 e. The molecule has 0 saturated carbocycles. The van der Waals surface area contributed by atoms with Gasteiger partial charge in [0, 0.05) is 43.0 Å². The predicted octanol–water partition coefficient (Wildman–Crippen LogP) is 5.11. The van der Waals surface area contributed by atoms with Crippen LogP contribution in [0.5, 0.6) is 0 Å². The van der Waals surface area contributed by atoms with Crippen molar-refractivity contribution in [1.29, 1.82) is 0 Å². The Bertz CT molecular complexity index is 1130. The van der Waals surface area contributed by atoms with Gasteiger partial charge in [0.1, 0.15) is 11.5 Å². The van der Waals surface area contributed by atoms with E-state index in [1.165, 1.54) is 13.3 Å². The van der Waals surface area contributed by atoms with Crippen molar-refractivity contribution in [3.8, 4) is 0 Å². The summed E-state index contributed by atoms with van der Waals surface area (Å²) in [6, 6.07) is 7.72. The first-order valence-electron chi connectivity index (χ1n) is 11.0. The average molecular weight is 530 g/mol. The topological polar surface area (TPSA) is 83.6 Å². The number of pyridine rings is 1. The van der Waals surface area contributed by atoms with Crippen molar-refractivity contribution in [2.45, 2.75) is 31.5 Å². The molecule has 1 aromatic carbocycles. The smallest absolute Gasteiger partial charge is 0.394 e. The van der Waals surface area contributed by atoms with Gasteiger partial charge in [-0.2, -0.15) is 13.2 Å². The number of allylic oxidation sites excluding steroid dienone is 1. The minimum atomic E-state index is -4.54. The first-order valence-corrected chi connectivity index (χ1v) is 11.3. The van der Waals surface area contributed by atoms with Crippen LogP contribution in [0.2, 0.25) is 5.02 Å². The van der Waals surface area contributed by atoms with E-state index >= 15 is 0 Å². The SMILES string of the molecule is CN=CC(=C(N)C(=O)N1CC(F)(F)CC(C)[C@H]1CNc1ccc(C(F)(F)F)cn1)c1ccc(Cl)cc1. The zero-order chi connectivity index (χ0) is 26.7. The molecule has 1 saturated heterocycles. The highest BCUT2D eigenvalue weighted by atomic mass is 35.5. The number of benzene rings is 1. The molecule has 1 unspecified atom stereocenters. The van der Waals surface area contributed by atoms with Crippen LogP contribution in [0, 0.1) is 5.92 Å². The Morgan fingerprint density at radius 3 is 2.50 bits per heavy atom. The molecule has 1 amide bonds. The number of rotatable bonds is 6. The molecule has 3 rings (SSSR count). The van der Waals surface area contributed by atoms with Crippen LogP contribution < -0.4 is 11.1 Å². The van der Waals surface area contributed by atoms with Gasteiger partial charge in [-0.05, 0) is 35.7 Å². The van der Waals surface area contributed by atoms with E-state index in [1.54, 1.807) is 31.2 Å². The van der Waals surface area contributed by atoms with E-state index in [0.717, 1.165) is 17.0 Å². The summed E-state index contributed by atoms with van der Waals surface area (Å²) in [6.45, 7) is 0.695. The monoisotopic (exact) mass is 529 g/mol. The van der Waals surface area contributed by atoms with Crippen LogP contribution in [0.15, 0.2) is 53.3 Å². The lowest BCUT2D eigenvalue weighted by atomic mass is 9.88. The third-order valence-electron chi connectivity index (χ3n) is 5.86. The van der Waals surface area contributed by atoms with Gasteiger partial charge < -0.3 is 16.0 Å². The Morgan fingerprint density at radius 2 is 1.94 bits per heavy atom. The Kier molecular flexibility index (Phi) is 8.22. The standard InChI is InChI=1S/C24H25ClF5N5O/c1-14-9-23(26,27)13-35(19(14)12-34-20-8-5-16(10-33-20)24(28,29)30)22(36)21(31)18(11-32-2)15-3-6-17(25)7-4-15/h3-8,10-11,14,19H,9,12-13,31H2,1-2H3,(H,33,34)/t14?,19-/m1/s1. The van der Waals surface area contributed by atoms with Crippen molar-refractivity contribution < 1.29 is 26.7 Å². The maximum atomic E-state index is 14.5. The van der Waals surface area contributed by atoms with Crippen LogP contribution in [-0.4, -0.2) is 54.1 Å². The maximum absolute atomic E-state index is 14.5. The first kappa shape index (κ1) is 27.4. The van der Waals surface area contributed by atoms with Gasteiger partial charge in [-0.25, -0.2) is 13.8 Å². The maximum Gasteiger partial charge on any atom is 0.417 e. The van der Waals surface area contributed by atoms with Crippen LogP contribution in [0.4, 0.5) is 27.8 Å². The summed E-state index contributed by atoms with van der Waals surface area (Å²) >= 11 is 5.93.